The van der Waals surface area contributed by atoms with E-state index < -0.39 is 17.9 Å². The van der Waals surface area contributed by atoms with Crippen LogP contribution in [0.5, 0.6) is 11.6 Å². The summed E-state index contributed by atoms with van der Waals surface area (Å²) in [6.45, 7) is 0. The number of aromatic nitrogens is 1. The number of pyridine rings is 1. The van der Waals surface area contributed by atoms with Crippen LogP contribution in [0.25, 0.3) is 0 Å². The molecular weight excluding hydrogens is 388 g/mol. The third-order valence-corrected chi connectivity index (χ3v) is 3.95. The molecule has 1 aromatic heterocycles. The van der Waals surface area contributed by atoms with Gasteiger partial charge in [-0.25, -0.2) is 9.78 Å². The minimum Gasteiger partial charge on any atom is -0.453 e. The summed E-state index contributed by atoms with van der Waals surface area (Å²) < 4.78 is 10.2. The Morgan fingerprint density at radius 1 is 0.867 bits per heavy atom. The molecule has 1 heterocycles. The van der Waals surface area contributed by atoms with Crippen LogP contribution < -0.4 is 21.1 Å². The van der Waals surface area contributed by atoms with E-state index in [1.165, 1.54) is 25.4 Å². The summed E-state index contributed by atoms with van der Waals surface area (Å²) in [4.78, 5) is 39.7. The molecule has 0 unspecified atom stereocenters. The van der Waals surface area contributed by atoms with E-state index in [2.05, 4.69) is 20.4 Å². The SMILES string of the molecule is COC(=O)Nc1ccc(NC(=O)c2cccnc2Oc2ccccc2C(N)=O)cc1. The highest BCUT2D eigenvalue weighted by Gasteiger charge is 2.17. The molecule has 3 aromatic rings. The van der Waals surface area contributed by atoms with Crippen LogP contribution in [0, 0.1) is 0 Å². The fourth-order valence-corrected chi connectivity index (χ4v) is 2.51. The highest BCUT2D eigenvalue weighted by molar-refractivity contribution is 6.06. The molecule has 2 aromatic carbocycles. The number of ether oxygens (including phenoxy) is 2. The maximum Gasteiger partial charge on any atom is 0.411 e. The predicted molar refractivity (Wildman–Crippen MR) is 110 cm³/mol. The first-order valence-corrected chi connectivity index (χ1v) is 8.76. The standard InChI is InChI=1S/C21H18N4O5/c1-29-21(28)25-14-10-8-13(9-11-14)24-19(27)16-6-4-12-23-20(16)30-17-7-3-2-5-15(17)18(22)26/h2-12H,1H3,(H2,22,26)(H,24,27)(H,25,28). The van der Waals surface area contributed by atoms with Gasteiger partial charge in [0.2, 0.25) is 5.88 Å². The van der Waals surface area contributed by atoms with Gasteiger partial charge < -0.3 is 20.5 Å². The Labute approximate surface area is 171 Å². The normalized spacial score (nSPS) is 10.0. The Bertz CT molecular complexity index is 1080. The number of primary amides is 1. The zero-order valence-electron chi connectivity index (χ0n) is 15.9. The second-order valence-corrected chi connectivity index (χ2v) is 5.97. The van der Waals surface area contributed by atoms with Gasteiger partial charge in [-0.05, 0) is 48.5 Å². The summed E-state index contributed by atoms with van der Waals surface area (Å²) >= 11 is 0. The number of amides is 3. The molecule has 9 nitrogen and oxygen atoms in total. The van der Waals surface area contributed by atoms with E-state index in [0.29, 0.717) is 11.4 Å². The summed E-state index contributed by atoms with van der Waals surface area (Å²) in [6, 6.07) is 16.0. The number of para-hydroxylation sites is 1. The highest BCUT2D eigenvalue weighted by Crippen LogP contribution is 2.27. The van der Waals surface area contributed by atoms with Crippen LogP contribution in [-0.4, -0.2) is 30.0 Å². The third kappa shape index (κ3) is 4.90. The molecule has 4 N–H and O–H groups in total. The quantitative estimate of drug-likeness (QED) is 0.575. The van der Waals surface area contributed by atoms with Gasteiger partial charge in [-0.15, -0.1) is 0 Å². The smallest absolute Gasteiger partial charge is 0.411 e. The number of methoxy groups -OCH3 is 1. The lowest BCUT2D eigenvalue weighted by Gasteiger charge is -2.12. The second kappa shape index (κ2) is 9.20. The Kier molecular flexibility index (Phi) is 6.23. The number of benzene rings is 2. The van der Waals surface area contributed by atoms with Crippen molar-refractivity contribution in [2.24, 2.45) is 5.73 Å². The molecule has 0 bridgehead atoms. The van der Waals surface area contributed by atoms with Gasteiger partial charge in [0.15, 0.2) is 0 Å². The van der Waals surface area contributed by atoms with E-state index in [9.17, 15) is 14.4 Å². The Morgan fingerprint density at radius 2 is 1.50 bits per heavy atom. The molecule has 152 valence electrons. The van der Waals surface area contributed by atoms with Gasteiger partial charge in [0.05, 0.1) is 12.7 Å². The molecule has 0 fully saturated rings. The van der Waals surface area contributed by atoms with E-state index in [1.807, 2.05) is 0 Å². The summed E-state index contributed by atoms with van der Waals surface area (Å²) in [6.07, 6.45) is 0.867. The fraction of sp³-hybridized carbons (Fsp3) is 0.0476. The van der Waals surface area contributed by atoms with Crippen LogP contribution in [0.1, 0.15) is 20.7 Å². The van der Waals surface area contributed by atoms with Gasteiger partial charge in [-0.1, -0.05) is 12.1 Å². The largest absolute Gasteiger partial charge is 0.453 e. The van der Waals surface area contributed by atoms with Gasteiger partial charge in [0.1, 0.15) is 11.3 Å². The van der Waals surface area contributed by atoms with Crippen molar-refractivity contribution >= 4 is 29.3 Å². The van der Waals surface area contributed by atoms with Crippen LogP contribution in [0.4, 0.5) is 16.2 Å². The van der Waals surface area contributed by atoms with E-state index in [4.69, 9.17) is 10.5 Å². The molecule has 0 aliphatic carbocycles. The first kappa shape index (κ1) is 20.3. The van der Waals surface area contributed by atoms with Gasteiger partial charge in [-0.3, -0.25) is 14.9 Å². The van der Waals surface area contributed by atoms with Crippen molar-refractivity contribution in [3.05, 3.63) is 78.0 Å². The van der Waals surface area contributed by atoms with Crippen molar-refractivity contribution in [3.8, 4) is 11.6 Å². The summed E-state index contributed by atoms with van der Waals surface area (Å²) in [5.74, 6) is -0.916. The predicted octanol–water partition coefficient (Wildman–Crippen LogP) is 3.40. The molecule has 9 heteroatoms. The van der Waals surface area contributed by atoms with Crippen LogP contribution >= 0.6 is 0 Å². The molecule has 3 rings (SSSR count). The van der Waals surface area contributed by atoms with Crippen molar-refractivity contribution in [1.82, 2.24) is 4.98 Å². The number of carbonyl (C=O) groups excluding carboxylic acids is 3. The molecular formula is C21H18N4O5. The molecule has 0 saturated carbocycles. The van der Waals surface area contributed by atoms with Gasteiger partial charge in [0, 0.05) is 17.6 Å². The first-order chi connectivity index (χ1) is 14.5. The average molecular weight is 406 g/mol. The van der Waals surface area contributed by atoms with Crippen molar-refractivity contribution in [1.29, 1.82) is 0 Å². The van der Waals surface area contributed by atoms with Crippen molar-refractivity contribution in [2.45, 2.75) is 0 Å². The number of hydrogen-bond acceptors (Lipinski definition) is 6. The van der Waals surface area contributed by atoms with Crippen molar-refractivity contribution in [3.63, 3.8) is 0 Å². The lowest BCUT2D eigenvalue weighted by atomic mass is 10.2. The zero-order valence-corrected chi connectivity index (χ0v) is 15.9. The summed E-state index contributed by atoms with van der Waals surface area (Å²) in [5.41, 5.74) is 6.69. The molecule has 3 amide bonds. The average Bonchev–Trinajstić information content (AvgIpc) is 2.75. The van der Waals surface area contributed by atoms with Gasteiger partial charge >= 0.3 is 6.09 Å². The van der Waals surface area contributed by atoms with Crippen LogP contribution in [0.15, 0.2) is 66.9 Å². The fourth-order valence-electron chi connectivity index (χ4n) is 2.51. The number of nitrogens with zero attached hydrogens (tertiary/aromatic N) is 1. The Balaban J connectivity index is 1.78. The van der Waals surface area contributed by atoms with Crippen molar-refractivity contribution < 1.29 is 23.9 Å². The molecule has 0 atom stereocenters. The molecule has 0 aliphatic heterocycles. The molecule has 0 saturated heterocycles. The maximum atomic E-state index is 12.7. The van der Waals surface area contributed by atoms with Crippen LogP contribution in [-0.2, 0) is 4.74 Å². The third-order valence-electron chi connectivity index (χ3n) is 3.95. The van der Waals surface area contributed by atoms with Gasteiger partial charge in [0.25, 0.3) is 11.8 Å². The lowest BCUT2D eigenvalue weighted by Crippen LogP contribution is -2.15. The summed E-state index contributed by atoms with van der Waals surface area (Å²) in [5, 5.41) is 5.23. The number of hydrogen-bond donors (Lipinski definition) is 3. The lowest BCUT2D eigenvalue weighted by molar-refractivity contribution is 0.0997. The van der Waals surface area contributed by atoms with E-state index in [1.54, 1.807) is 48.5 Å². The topological polar surface area (TPSA) is 133 Å². The van der Waals surface area contributed by atoms with E-state index >= 15 is 0 Å². The number of rotatable bonds is 6. The Morgan fingerprint density at radius 3 is 2.17 bits per heavy atom. The van der Waals surface area contributed by atoms with Crippen LogP contribution in [0.3, 0.4) is 0 Å². The number of anilines is 2. The van der Waals surface area contributed by atoms with Crippen LogP contribution in [0.2, 0.25) is 0 Å². The number of carbonyl (C=O) groups is 3. The van der Waals surface area contributed by atoms with Crippen molar-refractivity contribution in [2.75, 3.05) is 17.7 Å². The summed E-state index contributed by atoms with van der Waals surface area (Å²) in [7, 11) is 1.26. The second-order valence-electron chi connectivity index (χ2n) is 5.97. The molecule has 30 heavy (non-hydrogen) atoms. The maximum absolute atomic E-state index is 12.7. The van der Waals surface area contributed by atoms with E-state index in [0.717, 1.165) is 0 Å². The molecule has 0 radical (unpaired) electrons. The first-order valence-electron chi connectivity index (χ1n) is 8.76. The minimum absolute atomic E-state index is 0.0210. The number of nitrogens with one attached hydrogen (secondary N) is 2. The van der Waals surface area contributed by atoms with E-state index in [-0.39, 0.29) is 22.8 Å². The highest BCUT2D eigenvalue weighted by atomic mass is 16.5. The monoisotopic (exact) mass is 406 g/mol. The zero-order chi connectivity index (χ0) is 21.5. The van der Waals surface area contributed by atoms with Gasteiger partial charge in [-0.2, -0.15) is 0 Å². The molecule has 0 aliphatic rings. The number of nitrogens with two attached hydrogens (primary N) is 1. The minimum atomic E-state index is -0.659. The molecule has 0 spiro atoms. The Hall–Kier alpha value is -4.40.